The van der Waals surface area contributed by atoms with Gasteiger partial charge in [0.15, 0.2) is 0 Å². The topological polar surface area (TPSA) is 95.0 Å². The molecule has 4 rings (SSSR count). The third kappa shape index (κ3) is 4.91. The Kier molecular flexibility index (Phi) is 6.63. The number of amides is 1. The van der Waals surface area contributed by atoms with E-state index >= 15 is 4.39 Å². The van der Waals surface area contributed by atoms with Gasteiger partial charge in [-0.2, -0.15) is 5.26 Å². The van der Waals surface area contributed by atoms with Crippen LogP contribution in [0.15, 0.2) is 54.1 Å². The first kappa shape index (κ1) is 24.4. The molecule has 1 aliphatic carbocycles. The first-order valence-electron chi connectivity index (χ1n) is 11.0. The van der Waals surface area contributed by atoms with Gasteiger partial charge in [-0.15, -0.1) is 0 Å². The fourth-order valence-corrected chi connectivity index (χ4v) is 4.56. The van der Waals surface area contributed by atoms with Gasteiger partial charge in [-0.05, 0) is 30.5 Å². The number of halogens is 4. The Morgan fingerprint density at radius 3 is 2.74 bits per heavy atom. The zero-order chi connectivity index (χ0) is 25.3. The molecular formula is C25H23F4N5O. The number of carbonyl (C=O) groups excluding carboxylic acids is 1. The lowest BCUT2D eigenvalue weighted by atomic mass is 9.88. The summed E-state index contributed by atoms with van der Waals surface area (Å²) in [6.07, 6.45) is 3.59. The zero-order valence-electron chi connectivity index (χ0n) is 18.9. The van der Waals surface area contributed by atoms with E-state index in [1.54, 1.807) is 18.3 Å². The summed E-state index contributed by atoms with van der Waals surface area (Å²) >= 11 is 0. The van der Waals surface area contributed by atoms with Crippen molar-refractivity contribution in [3.05, 3.63) is 71.1 Å². The van der Waals surface area contributed by atoms with Crippen LogP contribution in [0.25, 0.3) is 5.57 Å². The van der Waals surface area contributed by atoms with Crippen LogP contribution in [0, 0.1) is 23.1 Å². The normalized spacial score (nSPS) is 21.9. The fourth-order valence-electron chi connectivity index (χ4n) is 4.56. The highest BCUT2D eigenvalue weighted by atomic mass is 19.3. The number of carbonyl (C=O) groups is 1. The Morgan fingerprint density at radius 1 is 1.29 bits per heavy atom. The van der Waals surface area contributed by atoms with E-state index in [4.69, 9.17) is 11.0 Å². The molecule has 0 bridgehead atoms. The number of anilines is 2. The average Bonchev–Trinajstić information content (AvgIpc) is 2.79. The lowest BCUT2D eigenvalue weighted by Gasteiger charge is -2.37. The maximum Gasteiger partial charge on any atom is 0.280 e. The molecule has 1 aliphatic heterocycles. The molecule has 3 N–H and O–H groups in total. The lowest BCUT2D eigenvalue weighted by molar-refractivity contribution is -0.112. The van der Waals surface area contributed by atoms with E-state index in [2.05, 4.69) is 17.2 Å². The molecule has 2 atom stereocenters. The summed E-state index contributed by atoms with van der Waals surface area (Å²) in [7, 11) is 0. The van der Waals surface area contributed by atoms with Crippen LogP contribution >= 0.6 is 0 Å². The quantitative estimate of drug-likeness (QED) is 0.620. The largest absolute Gasteiger partial charge is 0.368 e. The van der Waals surface area contributed by atoms with Crippen molar-refractivity contribution in [2.24, 2.45) is 11.7 Å². The number of pyridine rings is 1. The van der Waals surface area contributed by atoms with Crippen molar-refractivity contribution in [2.75, 3.05) is 23.3 Å². The van der Waals surface area contributed by atoms with Gasteiger partial charge in [-0.1, -0.05) is 19.1 Å². The molecule has 2 aromatic rings. The minimum absolute atomic E-state index is 0.0657. The molecule has 1 aromatic heterocycles. The molecule has 0 radical (unpaired) electrons. The average molecular weight is 485 g/mol. The summed E-state index contributed by atoms with van der Waals surface area (Å²) in [6.45, 7) is 3.29. The van der Waals surface area contributed by atoms with Crippen LogP contribution in [0.1, 0.15) is 30.9 Å². The van der Waals surface area contributed by atoms with Crippen LogP contribution in [-0.2, 0) is 4.79 Å². The van der Waals surface area contributed by atoms with Crippen molar-refractivity contribution in [1.29, 1.82) is 5.26 Å². The molecule has 35 heavy (non-hydrogen) atoms. The number of benzene rings is 1. The first-order chi connectivity index (χ1) is 16.6. The molecule has 2 aliphatic rings. The standard InChI is InChI=1S/C25H23F4N5O/c1-14-8-16(31)13-34(12-14)21-5-7-32-11-20(21)33-24(35)18-4-6-25(28,29)22(23(18)27)17-3-2-15(10-30)9-19(17)26/h2-5,7,9,11,14,16H,6,8,12-13,31H2,1H3,(H,33,35)/t14-,16+/m1/s1. The van der Waals surface area contributed by atoms with E-state index in [0.29, 0.717) is 24.7 Å². The third-order valence-corrected chi connectivity index (χ3v) is 6.08. The van der Waals surface area contributed by atoms with E-state index in [0.717, 1.165) is 30.7 Å². The van der Waals surface area contributed by atoms with E-state index in [1.807, 2.05) is 4.90 Å². The van der Waals surface area contributed by atoms with E-state index in [1.165, 1.54) is 6.20 Å². The molecule has 6 nitrogen and oxygen atoms in total. The second-order valence-corrected chi connectivity index (χ2v) is 8.87. The summed E-state index contributed by atoms with van der Waals surface area (Å²) in [5, 5.41) is 11.5. The summed E-state index contributed by atoms with van der Waals surface area (Å²) in [6, 6.07) is 6.08. The second kappa shape index (κ2) is 9.50. The number of piperidine rings is 1. The number of hydrogen-bond acceptors (Lipinski definition) is 5. The summed E-state index contributed by atoms with van der Waals surface area (Å²) in [5.74, 6) is -7.11. The van der Waals surface area contributed by atoms with Gasteiger partial charge in [-0.3, -0.25) is 9.78 Å². The predicted molar refractivity (Wildman–Crippen MR) is 124 cm³/mol. The Morgan fingerprint density at radius 2 is 2.06 bits per heavy atom. The third-order valence-electron chi connectivity index (χ3n) is 6.08. The molecule has 10 heteroatoms. The van der Waals surface area contributed by atoms with E-state index in [9.17, 15) is 18.0 Å². The lowest BCUT2D eigenvalue weighted by Crippen LogP contribution is -2.46. The smallest absolute Gasteiger partial charge is 0.280 e. The van der Waals surface area contributed by atoms with Crippen molar-refractivity contribution in [3.8, 4) is 6.07 Å². The van der Waals surface area contributed by atoms with Gasteiger partial charge in [-0.25, -0.2) is 17.6 Å². The predicted octanol–water partition coefficient (Wildman–Crippen LogP) is 4.55. The Labute approximate surface area is 199 Å². The number of alkyl halides is 2. The second-order valence-electron chi connectivity index (χ2n) is 8.87. The van der Waals surface area contributed by atoms with Gasteiger partial charge in [0.25, 0.3) is 11.8 Å². The molecule has 1 fully saturated rings. The minimum atomic E-state index is -3.75. The van der Waals surface area contributed by atoms with Crippen molar-refractivity contribution in [2.45, 2.75) is 31.7 Å². The monoisotopic (exact) mass is 485 g/mol. The number of nitrogens with one attached hydrogen (secondary N) is 1. The molecular weight excluding hydrogens is 462 g/mol. The molecule has 182 valence electrons. The van der Waals surface area contributed by atoms with Crippen LogP contribution in [0.5, 0.6) is 0 Å². The molecule has 0 saturated carbocycles. The number of allylic oxidation sites excluding steroid dienone is 2. The van der Waals surface area contributed by atoms with Gasteiger partial charge in [0.05, 0.1) is 40.4 Å². The molecule has 0 spiro atoms. The van der Waals surface area contributed by atoms with Crippen LogP contribution < -0.4 is 16.0 Å². The van der Waals surface area contributed by atoms with E-state index in [-0.39, 0.29) is 17.3 Å². The number of nitrogens with two attached hydrogens (primary N) is 1. The SMILES string of the molecule is C[C@@H]1C[C@H](N)CN(c2ccncc2NC(=O)C2=CCC(F)(F)C(c3ccc(C#N)cc3F)=C2F)C1. The summed E-state index contributed by atoms with van der Waals surface area (Å²) in [4.78, 5) is 19.0. The number of rotatable bonds is 4. The van der Waals surface area contributed by atoms with Gasteiger partial charge in [0.1, 0.15) is 11.6 Å². The number of nitrogens with zero attached hydrogens (tertiary/aromatic N) is 3. The van der Waals surface area contributed by atoms with Gasteiger partial charge in [0.2, 0.25) is 0 Å². The minimum Gasteiger partial charge on any atom is -0.368 e. The summed E-state index contributed by atoms with van der Waals surface area (Å²) < 4.78 is 59.2. The van der Waals surface area contributed by atoms with E-state index < -0.39 is 46.6 Å². The zero-order valence-corrected chi connectivity index (χ0v) is 18.9. The highest BCUT2D eigenvalue weighted by Gasteiger charge is 2.43. The van der Waals surface area contributed by atoms with Gasteiger partial charge < -0.3 is 16.0 Å². The van der Waals surface area contributed by atoms with Crippen molar-refractivity contribution in [1.82, 2.24) is 4.98 Å². The molecule has 1 saturated heterocycles. The van der Waals surface area contributed by atoms with Gasteiger partial charge in [0, 0.05) is 37.3 Å². The van der Waals surface area contributed by atoms with Crippen molar-refractivity contribution in [3.63, 3.8) is 0 Å². The van der Waals surface area contributed by atoms with Crippen LogP contribution in [0.4, 0.5) is 28.9 Å². The van der Waals surface area contributed by atoms with Crippen molar-refractivity contribution < 1.29 is 22.4 Å². The van der Waals surface area contributed by atoms with Crippen LogP contribution in [0.2, 0.25) is 0 Å². The Bertz CT molecular complexity index is 1260. The van der Waals surface area contributed by atoms with Crippen LogP contribution in [-0.4, -0.2) is 35.9 Å². The number of nitriles is 1. The maximum absolute atomic E-state index is 15.4. The summed E-state index contributed by atoms with van der Waals surface area (Å²) in [5.41, 5.74) is 4.37. The first-order valence-corrected chi connectivity index (χ1v) is 11.0. The highest BCUT2D eigenvalue weighted by molar-refractivity contribution is 6.09. The van der Waals surface area contributed by atoms with Crippen LogP contribution in [0.3, 0.4) is 0 Å². The maximum atomic E-state index is 15.4. The molecule has 1 aromatic carbocycles. The molecule has 2 heterocycles. The van der Waals surface area contributed by atoms with Gasteiger partial charge >= 0.3 is 0 Å². The molecule has 0 unspecified atom stereocenters. The fraction of sp³-hybridized carbons (Fsp3) is 0.320. The Hall–Kier alpha value is -3.71. The number of hydrogen-bond donors (Lipinski definition) is 2. The number of aromatic nitrogens is 1. The Balaban J connectivity index is 1.66. The molecule has 1 amide bonds. The van der Waals surface area contributed by atoms with Crippen molar-refractivity contribution >= 4 is 22.9 Å². The highest BCUT2D eigenvalue weighted by Crippen LogP contribution is 2.45.